The van der Waals surface area contributed by atoms with Gasteiger partial charge in [-0.3, -0.25) is 9.59 Å². The number of carbonyl (C=O) groups excluding carboxylic acids is 2. The Morgan fingerprint density at radius 2 is 2.05 bits per heavy atom. The lowest BCUT2D eigenvalue weighted by Crippen LogP contribution is -2.56. The van der Waals surface area contributed by atoms with Crippen LogP contribution in [0.4, 0.5) is 4.79 Å². The molecule has 1 fully saturated rings. The van der Waals surface area contributed by atoms with Crippen LogP contribution in [0.1, 0.15) is 20.3 Å². The summed E-state index contributed by atoms with van der Waals surface area (Å²) in [6, 6.07) is -0.651. The molecule has 0 spiro atoms. The number of carboxylic acids is 1. The summed E-state index contributed by atoms with van der Waals surface area (Å²) in [7, 11) is 1.70. The van der Waals surface area contributed by atoms with Gasteiger partial charge >= 0.3 is 12.0 Å². The molecule has 1 aliphatic heterocycles. The molecule has 1 saturated heterocycles. The Kier molecular flexibility index (Phi) is 5.14. The molecule has 1 aliphatic rings. The minimum absolute atomic E-state index is 0.0611. The van der Waals surface area contributed by atoms with Gasteiger partial charge in [-0.2, -0.15) is 0 Å². The van der Waals surface area contributed by atoms with E-state index >= 15 is 0 Å². The van der Waals surface area contributed by atoms with E-state index in [1.54, 1.807) is 25.8 Å². The van der Waals surface area contributed by atoms with E-state index < -0.39 is 5.97 Å². The second-order valence-corrected chi connectivity index (χ2v) is 4.75. The van der Waals surface area contributed by atoms with Gasteiger partial charge in [0.05, 0.1) is 6.42 Å². The zero-order valence-electron chi connectivity index (χ0n) is 11.6. The summed E-state index contributed by atoms with van der Waals surface area (Å²) in [4.78, 5) is 39.1. The van der Waals surface area contributed by atoms with E-state index in [0.29, 0.717) is 19.6 Å². The number of carboxylic acid groups (broad SMARTS) is 1. The highest BCUT2D eigenvalue weighted by Crippen LogP contribution is 2.10. The summed E-state index contributed by atoms with van der Waals surface area (Å²) in [5, 5.41) is 8.78. The van der Waals surface area contributed by atoms with E-state index in [0.717, 1.165) is 0 Å². The van der Waals surface area contributed by atoms with E-state index in [1.807, 2.05) is 0 Å². The van der Waals surface area contributed by atoms with Crippen LogP contribution in [0, 0.1) is 0 Å². The fraction of sp³-hybridized carbons (Fsp3) is 0.750. The van der Waals surface area contributed by atoms with Crippen LogP contribution in [0.25, 0.3) is 0 Å². The number of hydrogen-bond donors (Lipinski definition) is 1. The first kappa shape index (κ1) is 15.3. The second-order valence-electron chi connectivity index (χ2n) is 4.75. The van der Waals surface area contributed by atoms with Gasteiger partial charge < -0.3 is 19.8 Å². The molecule has 19 heavy (non-hydrogen) atoms. The first-order valence-electron chi connectivity index (χ1n) is 6.38. The van der Waals surface area contributed by atoms with Gasteiger partial charge in [0.25, 0.3) is 0 Å². The van der Waals surface area contributed by atoms with Crippen LogP contribution >= 0.6 is 0 Å². The zero-order chi connectivity index (χ0) is 14.6. The van der Waals surface area contributed by atoms with Crippen molar-refractivity contribution in [1.29, 1.82) is 0 Å². The SMILES string of the molecule is CCN(C(=O)N1CCN(C)C(=O)C1)C(C)CC(=O)O. The van der Waals surface area contributed by atoms with Gasteiger partial charge in [-0.15, -0.1) is 0 Å². The maximum absolute atomic E-state index is 12.3. The number of likely N-dealkylation sites (N-methyl/N-ethyl adjacent to an activating group) is 1. The molecule has 3 amide bonds. The molecule has 1 unspecified atom stereocenters. The molecule has 1 atom stereocenters. The van der Waals surface area contributed by atoms with Crippen molar-refractivity contribution in [2.24, 2.45) is 0 Å². The van der Waals surface area contributed by atoms with Crippen LogP contribution in [-0.2, 0) is 9.59 Å². The molecule has 0 bridgehead atoms. The van der Waals surface area contributed by atoms with Crippen molar-refractivity contribution in [3.8, 4) is 0 Å². The zero-order valence-corrected chi connectivity index (χ0v) is 11.6. The van der Waals surface area contributed by atoms with Crippen LogP contribution in [0.15, 0.2) is 0 Å². The van der Waals surface area contributed by atoms with Crippen molar-refractivity contribution in [2.75, 3.05) is 33.2 Å². The maximum Gasteiger partial charge on any atom is 0.320 e. The fourth-order valence-corrected chi connectivity index (χ4v) is 2.10. The predicted molar refractivity (Wildman–Crippen MR) is 68.7 cm³/mol. The highest BCUT2D eigenvalue weighted by atomic mass is 16.4. The third kappa shape index (κ3) is 3.84. The summed E-state index contributed by atoms with van der Waals surface area (Å²) in [6.45, 7) is 4.98. The van der Waals surface area contributed by atoms with Crippen LogP contribution in [-0.4, -0.2) is 77.0 Å². The number of urea groups is 1. The molecular formula is C12H21N3O4. The smallest absolute Gasteiger partial charge is 0.320 e. The van der Waals surface area contributed by atoms with Crippen LogP contribution in [0.5, 0.6) is 0 Å². The van der Waals surface area contributed by atoms with Gasteiger partial charge in [0.1, 0.15) is 6.54 Å². The summed E-state index contributed by atoms with van der Waals surface area (Å²) in [5.41, 5.74) is 0. The summed E-state index contributed by atoms with van der Waals surface area (Å²) < 4.78 is 0. The number of nitrogens with zero attached hydrogens (tertiary/aromatic N) is 3. The minimum Gasteiger partial charge on any atom is -0.481 e. The topological polar surface area (TPSA) is 81.2 Å². The van der Waals surface area contributed by atoms with Crippen LogP contribution in [0.3, 0.4) is 0 Å². The Balaban J connectivity index is 2.68. The molecule has 0 saturated carbocycles. The molecule has 1 N–H and O–H groups in total. The molecule has 0 aliphatic carbocycles. The average molecular weight is 271 g/mol. The fourth-order valence-electron chi connectivity index (χ4n) is 2.10. The van der Waals surface area contributed by atoms with Crippen LogP contribution in [0.2, 0.25) is 0 Å². The molecule has 1 heterocycles. The van der Waals surface area contributed by atoms with E-state index in [4.69, 9.17) is 5.11 Å². The molecule has 1 rings (SSSR count). The molecule has 7 nitrogen and oxygen atoms in total. The Morgan fingerprint density at radius 3 is 2.53 bits per heavy atom. The van der Waals surface area contributed by atoms with E-state index in [1.165, 1.54) is 9.80 Å². The van der Waals surface area contributed by atoms with Gasteiger partial charge in [0, 0.05) is 32.7 Å². The molecular weight excluding hydrogens is 250 g/mol. The van der Waals surface area contributed by atoms with Crippen molar-refractivity contribution in [2.45, 2.75) is 26.3 Å². The first-order valence-corrected chi connectivity index (χ1v) is 6.38. The monoisotopic (exact) mass is 271 g/mol. The summed E-state index contributed by atoms with van der Waals surface area (Å²) in [6.07, 6.45) is -0.0960. The van der Waals surface area contributed by atoms with Gasteiger partial charge in [-0.1, -0.05) is 0 Å². The summed E-state index contributed by atoms with van der Waals surface area (Å²) >= 11 is 0. The van der Waals surface area contributed by atoms with E-state index in [-0.39, 0.29) is 30.9 Å². The predicted octanol–water partition coefficient (Wildman–Crippen LogP) is 0.0655. The lowest BCUT2D eigenvalue weighted by atomic mass is 10.2. The normalized spacial score (nSPS) is 17.3. The van der Waals surface area contributed by atoms with Crippen molar-refractivity contribution in [3.63, 3.8) is 0 Å². The van der Waals surface area contributed by atoms with E-state index in [2.05, 4.69) is 0 Å². The highest BCUT2D eigenvalue weighted by molar-refractivity contribution is 5.85. The molecule has 108 valence electrons. The van der Waals surface area contributed by atoms with Gasteiger partial charge in [0.15, 0.2) is 0 Å². The van der Waals surface area contributed by atoms with Crippen molar-refractivity contribution in [1.82, 2.24) is 14.7 Å². The minimum atomic E-state index is -0.937. The third-order valence-electron chi connectivity index (χ3n) is 3.32. The Hall–Kier alpha value is -1.79. The number of aliphatic carboxylic acids is 1. The Labute approximate surface area is 112 Å². The Morgan fingerprint density at radius 1 is 1.42 bits per heavy atom. The van der Waals surface area contributed by atoms with Crippen molar-refractivity contribution >= 4 is 17.9 Å². The Bertz CT molecular complexity index is 372. The third-order valence-corrected chi connectivity index (χ3v) is 3.32. The lowest BCUT2D eigenvalue weighted by molar-refractivity contribution is -0.138. The standard InChI is InChI=1S/C12H21N3O4/c1-4-15(9(2)7-11(17)18)12(19)14-6-5-13(3)10(16)8-14/h9H,4-8H2,1-3H3,(H,17,18). The van der Waals surface area contributed by atoms with Crippen LogP contribution < -0.4 is 0 Å². The largest absolute Gasteiger partial charge is 0.481 e. The molecule has 0 aromatic carbocycles. The van der Waals surface area contributed by atoms with E-state index in [9.17, 15) is 14.4 Å². The van der Waals surface area contributed by atoms with Crippen molar-refractivity contribution in [3.05, 3.63) is 0 Å². The number of rotatable bonds is 4. The summed E-state index contributed by atoms with van der Waals surface area (Å²) in [5.74, 6) is -1.03. The number of carbonyl (C=O) groups is 3. The molecule has 0 aromatic heterocycles. The maximum atomic E-state index is 12.3. The lowest BCUT2D eigenvalue weighted by Gasteiger charge is -2.37. The number of piperazine rings is 1. The van der Waals surface area contributed by atoms with Crippen molar-refractivity contribution < 1.29 is 19.5 Å². The number of hydrogen-bond acceptors (Lipinski definition) is 3. The molecule has 7 heteroatoms. The van der Waals surface area contributed by atoms with Gasteiger partial charge in [-0.05, 0) is 13.8 Å². The first-order chi connectivity index (χ1) is 8.86. The molecule has 0 radical (unpaired) electrons. The van der Waals surface area contributed by atoms with Gasteiger partial charge in [0.2, 0.25) is 5.91 Å². The van der Waals surface area contributed by atoms with Gasteiger partial charge in [-0.25, -0.2) is 4.79 Å². The molecule has 0 aromatic rings. The average Bonchev–Trinajstić information content (AvgIpc) is 2.32. The second kappa shape index (κ2) is 6.40. The highest BCUT2D eigenvalue weighted by Gasteiger charge is 2.30. The number of amides is 3. The quantitative estimate of drug-likeness (QED) is 0.784.